The highest BCUT2D eigenvalue weighted by molar-refractivity contribution is 6.11. The van der Waals surface area contributed by atoms with Crippen LogP contribution in [0.2, 0.25) is 0 Å². The molecule has 0 bridgehead atoms. The van der Waals surface area contributed by atoms with Gasteiger partial charge in [0.2, 0.25) is 0 Å². The first-order valence-electron chi connectivity index (χ1n) is 6.97. The Balaban J connectivity index is 2.52. The average molecular weight is 311 g/mol. The van der Waals surface area contributed by atoms with Gasteiger partial charge in [0.25, 0.3) is 5.91 Å². The molecule has 3 rings (SSSR count). The summed E-state index contributed by atoms with van der Waals surface area (Å²) in [6.45, 7) is 3.69. The van der Waals surface area contributed by atoms with Crippen LogP contribution in [0.25, 0.3) is 16.7 Å². The van der Waals surface area contributed by atoms with Crippen molar-refractivity contribution in [3.8, 4) is 11.4 Å². The van der Waals surface area contributed by atoms with Gasteiger partial charge in [-0.1, -0.05) is 6.07 Å². The zero-order valence-corrected chi connectivity index (χ0v) is 12.8. The summed E-state index contributed by atoms with van der Waals surface area (Å²) < 4.78 is 1.55. The van der Waals surface area contributed by atoms with Gasteiger partial charge in [-0.2, -0.15) is 0 Å². The number of phenols is 1. The van der Waals surface area contributed by atoms with E-state index in [1.54, 1.807) is 22.9 Å². The van der Waals surface area contributed by atoms with E-state index in [1.807, 2.05) is 13.8 Å². The highest BCUT2D eigenvalue weighted by Crippen LogP contribution is 2.37. The van der Waals surface area contributed by atoms with Crippen molar-refractivity contribution >= 4 is 28.4 Å². The summed E-state index contributed by atoms with van der Waals surface area (Å²) in [5.74, 6) is -0.569. The Kier molecular flexibility index (Phi) is 3.14. The minimum Gasteiger partial charge on any atom is -0.506 e. The topological polar surface area (TPSA) is 133 Å². The fourth-order valence-electron chi connectivity index (χ4n) is 2.78. The third-order valence-corrected chi connectivity index (χ3v) is 3.85. The molecule has 0 fully saturated rings. The number of hydrogen-bond donors (Lipinski definition) is 4. The van der Waals surface area contributed by atoms with Crippen molar-refractivity contribution in [2.75, 3.05) is 11.5 Å². The standard InChI is InChI=1S/C16H17N5O2/c1-7-5-9-11(15(19)23)14(18)21(16(9)20-6-7)13-8(2)3-4-10(22)12(13)17/h3-6,22H,17-18H2,1-2H3,(H2,19,23). The molecule has 0 spiro atoms. The van der Waals surface area contributed by atoms with E-state index in [4.69, 9.17) is 17.2 Å². The fraction of sp³-hybridized carbons (Fsp3) is 0.125. The van der Waals surface area contributed by atoms with E-state index in [2.05, 4.69) is 4.98 Å². The zero-order valence-electron chi connectivity index (χ0n) is 12.8. The average Bonchev–Trinajstić information content (AvgIpc) is 2.75. The number of anilines is 2. The number of pyridine rings is 1. The molecule has 2 aromatic heterocycles. The molecule has 7 nitrogen and oxygen atoms in total. The van der Waals surface area contributed by atoms with Gasteiger partial charge in [0, 0.05) is 11.6 Å². The zero-order chi connectivity index (χ0) is 16.9. The lowest BCUT2D eigenvalue weighted by Crippen LogP contribution is -2.14. The van der Waals surface area contributed by atoms with Gasteiger partial charge in [-0.3, -0.25) is 9.36 Å². The van der Waals surface area contributed by atoms with Gasteiger partial charge in [0.15, 0.2) is 0 Å². The number of aromatic hydroxyl groups is 1. The Morgan fingerprint density at radius 1 is 1.26 bits per heavy atom. The smallest absolute Gasteiger partial charge is 0.253 e. The van der Waals surface area contributed by atoms with Gasteiger partial charge in [-0.15, -0.1) is 0 Å². The summed E-state index contributed by atoms with van der Waals surface area (Å²) in [7, 11) is 0. The van der Waals surface area contributed by atoms with E-state index in [-0.39, 0.29) is 22.8 Å². The first-order valence-corrected chi connectivity index (χ1v) is 6.97. The third-order valence-electron chi connectivity index (χ3n) is 3.85. The normalized spacial score (nSPS) is 11.0. The van der Waals surface area contributed by atoms with E-state index in [1.165, 1.54) is 6.07 Å². The Hall–Kier alpha value is -3.22. The summed E-state index contributed by atoms with van der Waals surface area (Å²) in [5.41, 5.74) is 20.6. The second-order valence-electron chi connectivity index (χ2n) is 5.51. The van der Waals surface area contributed by atoms with Gasteiger partial charge in [-0.25, -0.2) is 4.98 Å². The molecule has 1 amide bonds. The van der Waals surface area contributed by atoms with Crippen LogP contribution in [0.15, 0.2) is 24.4 Å². The fourth-order valence-corrected chi connectivity index (χ4v) is 2.78. The molecular formula is C16H17N5O2. The van der Waals surface area contributed by atoms with Crippen molar-refractivity contribution in [1.82, 2.24) is 9.55 Å². The number of benzene rings is 1. The maximum absolute atomic E-state index is 11.8. The van der Waals surface area contributed by atoms with E-state index < -0.39 is 5.91 Å². The summed E-state index contributed by atoms with van der Waals surface area (Å²) in [6.07, 6.45) is 1.66. The molecule has 23 heavy (non-hydrogen) atoms. The number of nitrogens with zero attached hydrogens (tertiary/aromatic N) is 2. The second-order valence-corrected chi connectivity index (χ2v) is 5.51. The van der Waals surface area contributed by atoms with Crippen LogP contribution in [0.4, 0.5) is 11.5 Å². The Labute approximate surface area is 132 Å². The van der Waals surface area contributed by atoms with Crippen LogP contribution < -0.4 is 17.2 Å². The molecule has 0 radical (unpaired) electrons. The quantitative estimate of drug-likeness (QED) is 0.421. The van der Waals surface area contributed by atoms with Crippen molar-refractivity contribution in [3.63, 3.8) is 0 Å². The van der Waals surface area contributed by atoms with Gasteiger partial charge in [0.1, 0.15) is 17.2 Å². The molecule has 118 valence electrons. The van der Waals surface area contributed by atoms with Crippen LogP contribution in [-0.2, 0) is 0 Å². The molecular weight excluding hydrogens is 294 g/mol. The highest BCUT2D eigenvalue weighted by Gasteiger charge is 2.23. The number of aryl methyl sites for hydroxylation is 2. The maximum Gasteiger partial charge on any atom is 0.253 e. The number of carbonyl (C=O) groups excluding carboxylic acids is 1. The molecule has 0 aliphatic carbocycles. The van der Waals surface area contributed by atoms with Crippen molar-refractivity contribution in [3.05, 3.63) is 41.1 Å². The maximum atomic E-state index is 11.8. The lowest BCUT2D eigenvalue weighted by Gasteiger charge is -2.14. The third kappa shape index (κ3) is 2.05. The minimum atomic E-state index is -0.643. The molecule has 0 unspecified atom stereocenters. The summed E-state index contributed by atoms with van der Waals surface area (Å²) in [5, 5.41) is 10.5. The Morgan fingerprint density at radius 3 is 2.61 bits per heavy atom. The van der Waals surface area contributed by atoms with Gasteiger partial charge in [-0.05, 0) is 37.1 Å². The molecule has 0 saturated carbocycles. The molecule has 0 aliphatic heterocycles. The van der Waals surface area contributed by atoms with Crippen LogP contribution >= 0.6 is 0 Å². The number of rotatable bonds is 2. The molecule has 7 N–H and O–H groups in total. The van der Waals surface area contributed by atoms with Crippen LogP contribution in [-0.4, -0.2) is 20.6 Å². The number of aromatic nitrogens is 2. The number of nitrogen functional groups attached to an aromatic ring is 2. The number of fused-ring (bicyclic) bond motifs is 1. The van der Waals surface area contributed by atoms with E-state index >= 15 is 0 Å². The predicted octanol–water partition coefficient (Wildman–Crippen LogP) is 1.61. The molecule has 0 saturated heterocycles. The number of carbonyl (C=O) groups is 1. The lowest BCUT2D eigenvalue weighted by molar-refractivity contribution is 0.100. The Morgan fingerprint density at radius 2 is 1.96 bits per heavy atom. The van der Waals surface area contributed by atoms with Crippen molar-refractivity contribution in [2.24, 2.45) is 5.73 Å². The van der Waals surface area contributed by atoms with E-state index in [0.29, 0.717) is 16.7 Å². The van der Waals surface area contributed by atoms with Crippen LogP contribution in [0, 0.1) is 13.8 Å². The van der Waals surface area contributed by atoms with Gasteiger partial charge >= 0.3 is 0 Å². The van der Waals surface area contributed by atoms with Crippen molar-refractivity contribution in [1.29, 1.82) is 0 Å². The van der Waals surface area contributed by atoms with Gasteiger partial charge < -0.3 is 22.3 Å². The number of phenolic OH excluding ortho intramolecular Hbond substituents is 1. The molecule has 0 atom stereocenters. The summed E-state index contributed by atoms with van der Waals surface area (Å²) >= 11 is 0. The number of primary amides is 1. The highest BCUT2D eigenvalue weighted by atomic mass is 16.3. The molecule has 3 aromatic rings. The number of nitrogens with two attached hydrogens (primary N) is 3. The second kappa shape index (κ2) is 4.91. The van der Waals surface area contributed by atoms with Crippen molar-refractivity contribution < 1.29 is 9.90 Å². The summed E-state index contributed by atoms with van der Waals surface area (Å²) in [6, 6.07) is 5.01. The molecule has 7 heteroatoms. The lowest BCUT2D eigenvalue weighted by atomic mass is 10.1. The van der Waals surface area contributed by atoms with E-state index in [0.717, 1.165) is 11.1 Å². The molecule has 2 heterocycles. The number of amides is 1. The SMILES string of the molecule is Cc1cnc2c(c1)c(C(N)=O)c(N)n2-c1c(C)ccc(O)c1N. The van der Waals surface area contributed by atoms with E-state index in [9.17, 15) is 9.90 Å². The van der Waals surface area contributed by atoms with Crippen LogP contribution in [0.1, 0.15) is 21.5 Å². The summed E-state index contributed by atoms with van der Waals surface area (Å²) in [4.78, 5) is 16.2. The monoisotopic (exact) mass is 311 g/mol. The van der Waals surface area contributed by atoms with Gasteiger partial charge in [0.05, 0.1) is 16.9 Å². The molecule has 0 aliphatic rings. The molecule has 1 aromatic carbocycles. The minimum absolute atomic E-state index is 0.0698. The first-order chi connectivity index (χ1) is 10.8. The predicted molar refractivity (Wildman–Crippen MR) is 89.6 cm³/mol. The largest absolute Gasteiger partial charge is 0.506 e. The van der Waals surface area contributed by atoms with Crippen LogP contribution in [0.5, 0.6) is 5.75 Å². The van der Waals surface area contributed by atoms with Crippen molar-refractivity contribution in [2.45, 2.75) is 13.8 Å². The number of hydrogen-bond acceptors (Lipinski definition) is 5. The van der Waals surface area contributed by atoms with Crippen LogP contribution in [0.3, 0.4) is 0 Å². The first kappa shape index (κ1) is 14.7. The Bertz CT molecular complexity index is 959.